The Hall–Kier alpha value is -3.49. The first-order valence-electron chi connectivity index (χ1n) is 11.2. The Morgan fingerprint density at radius 3 is 2.46 bits per heavy atom. The van der Waals surface area contributed by atoms with E-state index in [4.69, 9.17) is 4.99 Å². The average molecular weight is 501 g/mol. The van der Waals surface area contributed by atoms with Crippen molar-refractivity contribution in [3.63, 3.8) is 0 Å². The summed E-state index contributed by atoms with van der Waals surface area (Å²) in [5.74, 6) is -0.108. The van der Waals surface area contributed by atoms with Crippen LogP contribution in [-0.4, -0.2) is 35.9 Å². The summed E-state index contributed by atoms with van der Waals surface area (Å²) in [5.41, 5.74) is 4.08. The Morgan fingerprint density at radius 2 is 1.74 bits per heavy atom. The number of ketones is 1. The van der Waals surface area contributed by atoms with E-state index < -0.39 is 0 Å². The lowest BCUT2D eigenvalue weighted by molar-refractivity contribution is -0.122. The van der Waals surface area contributed by atoms with Crippen LogP contribution in [0.4, 0.5) is 17.1 Å². The molecule has 2 aliphatic heterocycles. The second-order valence-corrected chi connectivity index (χ2v) is 10.2. The van der Waals surface area contributed by atoms with Gasteiger partial charge >= 0.3 is 0 Å². The summed E-state index contributed by atoms with van der Waals surface area (Å²) in [5, 5.41) is 4.63. The number of carbonyl (C=O) groups excluding carboxylic acids is 2. The molecule has 1 N–H and O–H groups in total. The van der Waals surface area contributed by atoms with Crippen LogP contribution in [0, 0.1) is 0 Å². The number of rotatable bonds is 5. The number of benzene rings is 3. The van der Waals surface area contributed by atoms with Crippen LogP contribution in [0.2, 0.25) is 0 Å². The highest BCUT2D eigenvalue weighted by Crippen LogP contribution is 2.50. The molecule has 6 nitrogen and oxygen atoms in total. The van der Waals surface area contributed by atoms with Crippen LogP contribution in [0.25, 0.3) is 0 Å². The Labute approximate surface area is 213 Å². The first-order chi connectivity index (χ1) is 17.0. The average Bonchev–Trinajstić information content (AvgIpc) is 3.36. The van der Waals surface area contributed by atoms with Gasteiger partial charge in [0.05, 0.1) is 28.6 Å². The number of amides is 1. The van der Waals surface area contributed by atoms with Crippen molar-refractivity contribution >= 4 is 57.4 Å². The van der Waals surface area contributed by atoms with E-state index in [1.165, 1.54) is 18.7 Å². The lowest BCUT2D eigenvalue weighted by Gasteiger charge is -2.17. The maximum Gasteiger partial charge on any atom is 0.269 e. The molecule has 1 fully saturated rings. The molecule has 176 valence electrons. The summed E-state index contributed by atoms with van der Waals surface area (Å²) in [4.78, 5) is 36.3. The fourth-order valence-corrected chi connectivity index (χ4v) is 6.32. The molecule has 2 aliphatic rings. The zero-order valence-electron chi connectivity index (χ0n) is 19.6. The predicted molar refractivity (Wildman–Crippen MR) is 145 cm³/mol. The van der Waals surface area contributed by atoms with Gasteiger partial charge in [-0.2, -0.15) is 0 Å². The molecule has 8 heteroatoms. The quantitative estimate of drug-likeness (QED) is 0.337. The van der Waals surface area contributed by atoms with Crippen molar-refractivity contribution in [1.29, 1.82) is 0 Å². The Morgan fingerprint density at radius 1 is 1.00 bits per heavy atom. The van der Waals surface area contributed by atoms with Crippen LogP contribution in [-0.2, 0) is 11.3 Å². The lowest BCUT2D eigenvalue weighted by Crippen LogP contribution is -2.29. The van der Waals surface area contributed by atoms with Crippen LogP contribution in [0.5, 0.6) is 0 Å². The van der Waals surface area contributed by atoms with Gasteiger partial charge < -0.3 is 10.2 Å². The first kappa shape index (κ1) is 23.3. The van der Waals surface area contributed by atoms with Gasteiger partial charge in [-0.3, -0.25) is 14.5 Å². The number of amidine groups is 1. The van der Waals surface area contributed by atoms with Crippen molar-refractivity contribution in [2.75, 3.05) is 24.3 Å². The van der Waals surface area contributed by atoms with Crippen molar-refractivity contribution in [3.8, 4) is 0 Å². The maximum absolute atomic E-state index is 13.8. The van der Waals surface area contributed by atoms with Crippen LogP contribution < -0.4 is 10.2 Å². The van der Waals surface area contributed by atoms with Crippen molar-refractivity contribution < 1.29 is 9.59 Å². The second kappa shape index (κ2) is 9.64. The summed E-state index contributed by atoms with van der Waals surface area (Å²) in [7, 11) is 3.80. The minimum absolute atomic E-state index is 0.0325. The Kier molecular flexibility index (Phi) is 6.40. The summed E-state index contributed by atoms with van der Waals surface area (Å²) < 4.78 is 0. The van der Waals surface area contributed by atoms with Gasteiger partial charge in [0.15, 0.2) is 11.0 Å². The van der Waals surface area contributed by atoms with E-state index in [2.05, 4.69) is 22.3 Å². The van der Waals surface area contributed by atoms with Crippen LogP contribution in [0.3, 0.4) is 0 Å². The third-order valence-corrected chi connectivity index (χ3v) is 8.30. The molecule has 0 unspecified atom stereocenters. The molecular formula is C27H24N4O2S2. The fraction of sp³-hybridized carbons (Fsp3) is 0.148. The molecule has 1 saturated heterocycles. The molecule has 1 amide bonds. The fourth-order valence-electron chi connectivity index (χ4n) is 3.98. The molecule has 0 bridgehead atoms. The largest absolute Gasteiger partial charge is 0.386 e. The van der Waals surface area contributed by atoms with E-state index in [-0.39, 0.29) is 11.7 Å². The maximum atomic E-state index is 13.8. The number of nitrogens with zero attached hydrogens (tertiary/aromatic N) is 3. The number of hydrogen-bond donors (Lipinski definition) is 1. The van der Waals surface area contributed by atoms with E-state index in [1.807, 2.05) is 62.6 Å². The first-order valence-corrected chi connectivity index (χ1v) is 12.8. The normalized spacial score (nSPS) is 18.4. The molecule has 3 aromatic rings. The number of Topliss-reactive ketones (excluding diaryl/α,β-unsaturated/α-hetero) is 1. The predicted octanol–water partition coefficient (Wildman–Crippen LogP) is 6.11. The van der Waals surface area contributed by atoms with Crippen LogP contribution in [0.1, 0.15) is 22.8 Å². The van der Waals surface area contributed by atoms with E-state index >= 15 is 0 Å². The molecular weight excluding hydrogens is 476 g/mol. The van der Waals surface area contributed by atoms with E-state index in [1.54, 1.807) is 28.8 Å². The van der Waals surface area contributed by atoms with Crippen molar-refractivity contribution in [2.45, 2.75) is 18.4 Å². The summed E-state index contributed by atoms with van der Waals surface area (Å²) in [6.07, 6.45) is 0. The third-order valence-electron chi connectivity index (χ3n) is 5.87. The number of thioether (sulfide) groups is 2. The zero-order chi connectivity index (χ0) is 24.5. The highest BCUT2D eigenvalue weighted by atomic mass is 32.2. The van der Waals surface area contributed by atoms with Gasteiger partial charge in [-0.1, -0.05) is 54.2 Å². The van der Waals surface area contributed by atoms with Gasteiger partial charge in [0.25, 0.3) is 5.91 Å². The number of aliphatic imine (C=N–C) groups is 1. The van der Waals surface area contributed by atoms with Gasteiger partial charge in [-0.25, -0.2) is 4.99 Å². The van der Waals surface area contributed by atoms with Crippen LogP contribution in [0.15, 0.2) is 92.6 Å². The number of para-hydroxylation sites is 1. The Balaban J connectivity index is 1.60. The molecule has 0 spiro atoms. The number of fused-ring (bicyclic) bond motifs is 1. The molecule has 35 heavy (non-hydrogen) atoms. The van der Waals surface area contributed by atoms with Gasteiger partial charge in [-0.15, -0.1) is 0 Å². The highest BCUT2D eigenvalue weighted by molar-refractivity contribution is 8.19. The summed E-state index contributed by atoms with van der Waals surface area (Å²) in [6, 6.07) is 23.4. The third kappa shape index (κ3) is 4.47. The number of anilines is 2. The summed E-state index contributed by atoms with van der Waals surface area (Å²) >= 11 is 2.98. The molecule has 0 radical (unpaired) electrons. The molecule has 2 heterocycles. The minimum atomic E-state index is -0.0755. The molecule has 3 aromatic carbocycles. The van der Waals surface area contributed by atoms with Gasteiger partial charge in [0, 0.05) is 24.6 Å². The minimum Gasteiger partial charge on any atom is -0.386 e. The molecule has 5 rings (SSSR count). The van der Waals surface area contributed by atoms with Crippen molar-refractivity contribution in [3.05, 3.63) is 93.9 Å². The number of nitrogens with one attached hydrogen (secondary N) is 1. The second-order valence-electron chi connectivity index (χ2n) is 8.17. The van der Waals surface area contributed by atoms with Gasteiger partial charge in [-0.05, 0) is 54.6 Å². The molecule has 0 saturated carbocycles. The summed E-state index contributed by atoms with van der Waals surface area (Å²) in [6.45, 7) is 1.94. The standard InChI is InChI=1S/C27H24N4O2S2/c1-17(32)19-13-14-20(28-2)21(15-19)29-27-31(16-18-9-5-4-6-10-18)25(33)24(35-27)26-30(3)22-11-7-8-12-23(22)34-26/h4-15,28H,16H2,1-3H3. The zero-order valence-corrected chi connectivity index (χ0v) is 21.2. The monoisotopic (exact) mass is 500 g/mol. The number of hydrogen-bond acceptors (Lipinski definition) is 7. The van der Waals surface area contributed by atoms with Crippen LogP contribution >= 0.6 is 23.5 Å². The van der Waals surface area contributed by atoms with E-state index in [0.29, 0.717) is 27.9 Å². The van der Waals surface area contributed by atoms with Gasteiger partial charge in [0.2, 0.25) is 0 Å². The molecule has 0 atom stereocenters. The smallest absolute Gasteiger partial charge is 0.269 e. The van der Waals surface area contributed by atoms with E-state index in [9.17, 15) is 9.59 Å². The van der Waals surface area contributed by atoms with Gasteiger partial charge in [0.1, 0.15) is 4.91 Å². The SMILES string of the molecule is CNc1ccc(C(C)=O)cc1N=C1SC(=C2Sc3ccccc3N2C)C(=O)N1Cc1ccccc1. The topological polar surface area (TPSA) is 65.0 Å². The molecule has 0 aromatic heterocycles. The van der Waals surface area contributed by atoms with Crippen molar-refractivity contribution in [1.82, 2.24) is 4.90 Å². The Bertz CT molecular complexity index is 1380. The van der Waals surface area contributed by atoms with Crippen molar-refractivity contribution in [2.24, 2.45) is 4.99 Å². The van der Waals surface area contributed by atoms with E-state index in [0.717, 1.165) is 26.9 Å². The lowest BCUT2D eigenvalue weighted by atomic mass is 10.1. The molecule has 0 aliphatic carbocycles. The number of carbonyl (C=O) groups is 2. The highest BCUT2D eigenvalue weighted by Gasteiger charge is 2.39.